The highest BCUT2D eigenvalue weighted by Crippen LogP contribution is 2.24. The number of β-amino-alcohol motifs (C(OH)–C–C–N with tert-alkyl or cyclic N) is 1. The maximum Gasteiger partial charge on any atom is 0.243 e. The number of sulfonamides is 1. The van der Waals surface area contributed by atoms with Crippen LogP contribution >= 0.6 is 11.6 Å². The van der Waals surface area contributed by atoms with Gasteiger partial charge in [0, 0.05) is 18.5 Å². The second-order valence-electron chi connectivity index (χ2n) is 4.79. The molecule has 20 heavy (non-hydrogen) atoms. The van der Waals surface area contributed by atoms with E-state index in [1.54, 1.807) is 24.3 Å². The van der Waals surface area contributed by atoms with Crippen molar-refractivity contribution in [1.82, 2.24) is 9.29 Å². The molecule has 0 radical (unpaired) electrons. The summed E-state index contributed by atoms with van der Waals surface area (Å²) in [5.74, 6) is 0. The Balaban J connectivity index is 2.03. The summed E-state index contributed by atoms with van der Waals surface area (Å²) >= 11 is 5.80. The summed E-state index contributed by atoms with van der Waals surface area (Å²) in [6, 6.07) is 8.10. The minimum atomic E-state index is -3.56. The van der Waals surface area contributed by atoms with Crippen LogP contribution in [0, 0.1) is 0 Å². The zero-order valence-electron chi connectivity index (χ0n) is 10.5. The molecule has 1 aromatic carbocycles. The monoisotopic (exact) mass is 312 g/mol. The van der Waals surface area contributed by atoms with Crippen molar-refractivity contribution in [3.05, 3.63) is 35.5 Å². The van der Waals surface area contributed by atoms with Gasteiger partial charge >= 0.3 is 0 Å². The first-order chi connectivity index (χ1) is 9.46. The Kier molecular flexibility index (Phi) is 3.41. The molecule has 2 heterocycles. The number of hydrogen-bond acceptors (Lipinski definition) is 4. The van der Waals surface area contributed by atoms with Crippen LogP contribution in [0.3, 0.4) is 0 Å². The van der Waals surface area contributed by atoms with E-state index in [0.717, 1.165) is 5.39 Å². The molecule has 5 nitrogen and oxygen atoms in total. The Morgan fingerprint density at radius 3 is 2.80 bits per heavy atom. The van der Waals surface area contributed by atoms with Crippen molar-refractivity contribution < 1.29 is 13.5 Å². The molecular weight excluding hydrogens is 300 g/mol. The molecule has 0 bridgehead atoms. The molecular formula is C13H13ClN2O3S. The summed E-state index contributed by atoms with van der Waals surface area (Å²) in [6.45, 7) is 0.500. The largest absolute Gasteiger partial charge is 0.392 e. The van der Waals surface area contributed by atoms with Gasteiger partial charge in [-0.3, -0.25) is 0 Å². The molecule has 0 aliphatic carbocycles. The van der Waals surface area contributed by atoms with Gasteiger partial charge in [0.05, 0.1) is 16.5 Å². The maximum absolute atomic E-state index is 12.5. The molecule has 1 N–H and O–H groups in total. The lowest BCUT2D eigenvalue weighted by Gasteiger charge is -2.16. The molecule has 2 aromatic rings. The Morgan fingerprint density at radius 1 is 1.30 bits per heavy atom. The number of hydrogen-bond donors (Lipinski definition) is 1. The molecule has 0 amide bonds. The van der Waals surface area contributed by atoms with Crippen LogP contribution in [0.25, 0.3) is 10.9 Å². The first kappa shape index (κ1) is 13.8. The van der Waals surface area contributed by atoms with E-state index in [2.05, 4.69) is 4.98 Å². The fourth-order valence-electron chi connectivity index (χ4n) is 2.32. The Bertz CT molecular complexity index is 763. The second-order valence-corrected chi connectivity index (χ2v) is 7.12. The van der Waals surface area contributed by atoms with Crippen LogP contribution in [0.5, 0.6) is 0 Å². The van der Waals surface area contributed by atoms with E-state index in [1.807, 2.05) is 0 Å². The maximum atomic E-state index is 12.5. The van der Waals surface area contributed by atoms with E-state index in [1.165, 1.54) is 10.4 Å². The zero-order valence-corrected chi connectivity index (χ0v) is 12.1. The minimum Gasteiger partial charge on any atom is -0.392 e. The minimum absolute atomic E-state index is 0.152. The molecule has 3 rings (SSSR count). The number of nitrogens with zero attached hydrogens (tertiary/aromatic N) is 2. The number of pyridine rings is 1. The Morgan fingerprint density at radius 2 is 2.10 bits per heavy atom. The normalized spacial score (nSPS) is 20.6. The summed E-state index contributed by atoms with van der Waals surface area (Å²) in [5, 5.41) is 10.6. The van der Waals surface area contributed by atoms with E-state index in [4.69, 9.17) is 11.6 Å². The Hall–Kier alpha value is -1.21. The summed E-state index contributed by atoms with van der Waals surface area (Å²) in [6.07, 6.45) is -0.102. The van der Waals surface area contributed by atoms with Gasteiger partial charge < -0.3 is 5.11 Å². The second kappa shape index (κ2) is 4.96. The van der Waals surface area contributed by atoms with Crippen molar-refractivity contribution in [1.29, 1.82) is 0 Å². The number of fused-ring (bicyclic) bond motifs is 1. The van der Waals surface area contributed by atoms with Gasteiger partial charge in [0.2, 0.25) is 10.0 Å². The first-order valence-corrected chi connectivity index (χ1v) is 8.03. The number of benzene rings is 1. The van der Waals surface area contributed by atoms with Crippen LogP contribution in [0.1, 0.15) is 6.42 Å². The highest BCUT2D eigenvalue weighted by atomic mass is 35.5. The van der Waals surface area contributed by atoms with E-state index in [-0.39, 0.29) is 11.4 Å². The molecule has 0 saturated carbocycles. The van der Waals surface area contributed by atoms with Crippen molar-refractivity contribution in [2.24, 2.45) is 0 Å². The fourth-order valence-corrected chi connectivity index (χ4v) is 4.00. The lowest BCUT2D eigenvalue weighted by molar-refractivity contribution is 0.189. The van der Waals surface area contributed by atoms with Crippen molar-refractivity contribution in [2.45, 2.75) is 17.4 Å². The highest BCUT2D eigenvalue weighted by molar-refractivity contribution is 7.89. The van der Waals surface area contributed by atoms with Crippen LogP contribution in [0.15, 0.2) is 35.2 Å². The average molecular weight is 313 g/mol. The SMILES string of the molecule is O=S(=O)(c1ccc2nc(Cl)ccc2c1)N1CC[C@H](O)C1. The van der Waals surface area contributed by atoms with Crippen LogP contribution in [-0.4, -0.2) is 42.0 Å². The third-order valence-electron chi connectivity index (χ3n) is 3.39. The highest BCUT2D eigenvalue weighted by Gasteiger charge is 2.31. The van der Waals surface area contributed by atoms with Crippen LogP contribution in [-0.2, 0) is 10.0 Å². The number of aromatic nitrogens is 1. The van der Waals surface area contributed by atoms with Crippen molar-refractivity contribution in [2.75, 3.05) is 13.1 Å². The van der Waals surface area contributed by atoms with E-state index in [9.17, 15) is 13.5 Å². The standard InChI is InChI=1S/C13H13ClN2O3S/c14-13-4-1-9-7-11(2-3-12(9)15-13)20(18,19)16-6-5-10(17)8-16/h1-4,7,10,17H,5-6,8H2/t10-/m0/s1. The van der Waals surface area contributed by atoms with Crippen LogP contribution < -0.4 is 0 Å². The average Bonchev–Trinajstić information content (AvgIpc) is 2.85. The molecule has 1 atom stereocenters. The number of aliphatic hydroxyl groups excluding tert-OH is 1. The van der Waals surface area contributed by atoms with Gasteiger partial charge in [-0.15, -0.1) is 0 Å². The summed E-state index contributed by atoms with van der Waals surface area (Å²) in [5.41, 5.74) is 0.651. The zero-order chi connectivity index (χ0) is 14.3. The lowest BCUT2D eigenvalue weighted by atomic mass is 10.2. The van der Waals surface area contributed by atoms with Crippen LogP contribution in [0.4, 0.5) is 0 Å². The molecule has 106 valence electrons. The van der Waals surface area contributed by atoms with Gasteiger partial charge in [0.1, 0.15) is 5.15 Å². The summed E-state index contributed by atoms with van der Waals surface area (Å²) < 4.78 is 26.2. The van der Waals surface area contributed by atoms with Crippen molar-refractivity contribution in [3.63, 3.8) is 0 Å². The molecule has 1 aliphatic rings. The van der Waals surface area contributed by atoms with Gasteiger partial charge in [0.25, 0.3) is 0 Å². The van der Waals surface area contributed by atoms with Gasteiger partial charge in [-0.1, -0.05) is 11.6 Å². The lowest BCUT2D eigenvalue weighted by Crippen LogP contribution is -2.29. The third kappa shape index (κ3) is 2.40. The number of aliphatic hydroxyl groups is 1. The molecule has 0 unspecified atom stereocenters. The predicted molar refractivity (Wildman–Crippen MR) is 76.1 cm³/mol. The molecule has 1 saturated heterocycles. The summed E-state index contributed by atoms with van der Waals surface area (Å²) in [7, 11) is -3.56. The van der Waals surface area contributed by atoms with Gasteiger partial charge in [-0.25, -0.2) is 13.4 Å². The van der Waals surface area contributed by atoms with Gasteiger partial charge in [-0.05, 0) is 36.8 Å². The number of rotatable bonds is 2. The molecule has 1 aromatic heterocycles. The van der Waals surface area contributed by atoms with Crippen molar-refractivity contribution in [3.8, 4) is 0 Å². The number of halogens is 1. The Labute approximate surface area is 121 Å². The van der Waals surface area contributed by atoms with Gasteiger partial charge in [0.15, 0.2) is 0 Å². The third-order valence-corrected chi connectivity index (χ3v) is 5.46. The fraction of sp³-hybridized carbons (Fsp3) is 0.308. The van der Waals surface area contributed by atoms with E-state index < -0.39 is 16.1 Å². The van der Waals surface area contributed by atoms with Crippen molar-refractivity contribution >= 4 is 32.5 Å². The topological polar surface area (TPSA) is 70.5 Å². The molecule has 1 fully saturated rings. The molecule has 7 heteroatoms. The first-order valence-electron chi connectivity index (χ1n) is 6.21. The van der Waals surface area contributed by atoms with Crippen LogP contribution in [0.2, 0.25) is 5.15 Å². The molecule has 1 aliphatic heterocycles. The van der Waals surface area contributed by atoms with Gasteiger partial charge in [-0.2, -0.15) is 4.31 Å². The van der Waals surface area contributed by atoms with E-state index >= 15 is 0 Å². The quantitative estimate of drug-likeness (QED) is 0.856. The smallest absolute Gasteiger partial charge is 0.243 e. The predicted octanol–water partition coefficient (Wildman–Crippen LogP) is 1.64. The molecule has 0 spiro atoms. The summed E-state index contributed by atoms with van der Waals surface area (Å²) in [4.78, 5) is 4.34. The van der Waals surface area contributed by atoms with E-state index in [0.29, 0.717) is 23.6 Å².